The number of rotatable bonds is 0. The van der Waals surface area contributed by atoms with Crippen molar-refractivity contribution in [3.8, 4) is 0 Å². The largest absolute Gasteiger partial charge is 0.372 e. The Bertz CT molecular complexity index is 385. The Kier molecular flexibility index (Phi) is 4.42. The Labute approximate surface area is 129 Å². The van der Waals surface area contributed by atoms with E-state index >= 15 is 0 Å². The van der Waals surface area contributed by atoms with Gasteiger partial charge in [-0.15, -0.1) is 0 Å². The van der Waals surface area contributed by atoms with Crippen molar-refractivity contribution in [3.05, 3.63) is 0 Å². The van der Waals surface area contributed by atoms with Crippen LogP contribution in [-0.4, -0.2) is 59.6 Å². The molecule has 0 unspecified atom stereocenters. The van der Waals surface area contributed by atoms with Crippen LogP contribution in [-0.2, 0) is 9.53 Å². The molecule has 0 bridgehead atoms. The molecule has 0 aromatic carbocycles. The van der Waals surface area contributed by atoms with E-state index in [0.29, 0.717) is 0 Å². The summed E-state index contributed by atoms with van der Waals surface area (Å²) in [7, 11) is 0. The van der Waals surface area contributed by atoms with Gasteiger partial charge in [0.2, 0.25) is 5.91 Å². The summed E-state index contributed by atoms with van der Waals surface area (Å²) in [5.41, 5.74) is -0.134. The number of ether oxygens (including phenoxy) is 1. The maximum absolute atomic E-state index is 12.4. The second kappa shape index (κ2) is 5.54. The van der Waals surface area contributed by atoms with Gasteiger partial charge in [-0.25, -0.2) is 0 Å². The van der Waals surface area contributed by atoms with Crippen LogP contribution in [0.15, 0.2) is 0 Å². The van der Waals surface area contributed by atoms with Gasteiger partial charge in [0, 0.05) is 37.1 Å². The van der Waals surface area contributed by atoms with E-state index in [9.17, 15) is 4.79 Å². The number of morpholine rings is 1. The van der Waals surface area contributed by atoms with Crippen LogP contribution in [0.4, 0.5) is 0 Å². The van der Waals surface area contributed by atoms with Crippen molar-refractivity contribution in [3.63, 3.8) is 0 Å². The maximum Gasteiger partial charge on any atom is 0.227 e. The smallest absolute Gasteiger partial charge is 0.227 e. The van der Waals surface area contributed by atoms with E-state index in [1.807, 2.05) is 25.7 Å². The van der Waals surface area contributed by atoms with Crippen LogP contribution in [0.25, 0.3) is 0 Å². The molecule has 4 nitrogen and oxygen atoms in total. The molecule has 0 aromatic heterocycles. The molecule has 4 heteroatoms. The van der Waals surface area contributed by atoms with Gasteiger partial charge in [0.1, 0.15) is 0 Å². The molecule has 0 radical (unpaired) electrons. The topological polar surface area (TPSA) is 32.8 Å². The fraction of sp³-hybridized carbons (Fsp3) is 0.941. The molecule has 0 N–H and O–H groups in total. The molecule has 0 atom stereocenters. The van der Waals surface area contributed by atoms with Crippen LogP contribution in [0, 0.1) is 5.41 Å². The van der Waals surface area contributed by atoms with Crippen LogP contribution >= 0.6 is 0 Å². The highest BCUT2D eigenvalue weighted by molar-refractivity contribution is 5.81. The third kappa shape index (κ3) is 3.78. The summed E-state index contributed by atoms with van der Waals surface area (Å²) in [6.45, 7) is 17.3. The van der Waals surface area contributed by atoms with Gasteiger partial charge in [0.05, 0.1) is 12.2 Å². The highest BCUT2D eigenvalue weighted by Crippen LogP contribution is 2.34. The number of hydrogen-bond donors (Lipinski definition) is 0. The monoisotopic (exact) mass is 296 g/mol. The van der Waals surface area contributed by atoms with Crippen LogP contribution < -0.4 is 0 Å². The van der Waals surface area contributed by atoms with Crippen LogP contribution in [0.1, 0.15) is 54.4 Å². The van der Waals surface area contributed by atoms with Crippen molar-refractivity contribution in [2.24, 2.45) is 5.41 Å². The van der Waals surface area contributed by atoms with Gasteiger partial charge in [-0.2, -0.15) is 0 Å². The Balaban J connectivity index is 1.98. The summed E-state index contributed by atoms with van der Waals surface area (Å²) in [6.07, 6.45) is 1.92. The lowest BCUT2D eigenvalue weighted by atomic mass is 9.86. The van der Waals surface area contributed by atoms with Gasteiger partial charge < -0.3 is 9.64 Å². The van der Waals surface area contributed by atoms with E-state index in [2.05, 4.69) is 25.7 Å². The van der Waals surface area contributed by atoms with Crippen molar-refractivity contribution < 1.29 is 9.53 Å². The van der Waals surface area contributed by atoms with Gasteiger partial charge in [0.25, 0.3) is 0 Å². The van der Waals surface area contributed by atoms with E-state index in [-0.39, 0.29) is 22.5 Å². The normalized spacial score (nSPS) is 24.4. The number of hydrogen-bond acceptors (Lipinski definition) is 3. The van der Waals surface area contributed by atoms with Crippen molar-refractivity contribution in [1.82, 2.24) is 9.80 Å². The molecule has 2 heterocycles. The minimum Gasteiger partial charge on any atom is -0.372 e. The Morgan fingerprint density at radius 2 is 1.57 bits per heavy atom. The number of likely N-dealkylation sites (tertiary alicyclic amines) is 1. The van der Waals surface area contributed by atoms with E-state index in [1.54, 1.807) is 0 Å². The number of carbonyl (C=O) groups excluding carboxylic acids is 1. The quantitative estimate of drug-likeness (QED) is 0.688. The lowest BCUT2D eigenvalue weighted by Crippen LogP contribution is -2.61. The third-order valence-corrected chi connectivity index (χ3v) is 4.80. The second-order valence-electron chi connectivity index (χ2n) is 8.67. The van der Waals surface area contributed by atoms with Gasteiger partial charge in [0.15, 0.2) is 0 Å². The minimum absolute atomic E-state index is 0.0415. The van der Waals surface area contributed by atoms with Crippen molar-refractivity contribution >= 4 is 5.91 Å². The Hall–Kier alpha value is -0.610. The predicted molar refractivity (Wildman–Crippen MR) is 85.3 cm³/mol. The summed E-state index contributed by atoms with van der Waals surface area (Å²) in [4.78, 5) is 16.9. The lowest BCUT2D eigenvalue weighted by molar-refractivity contribution is -0.163. The summed E-state index contributed by atoms with van der Waals surface area (Å²) in [5.74, 6) is 0.265. The average molecular weight is 296 g/mol. The van der Waals surface area contributed by atoms with Gasteiger partial charge in [-0.1, -0.05) is 20.8 Å². The zero-order valence-corrected chi connectivity index (χ0v) is 14.7. The van der Waals surface area contributed by atoms with Gasteiger partial charge >= 0.3 is 0 Å². The highest BCUT2D eigenvalue weighted by Gasteiger charge is 2.43. The third-order valence-electron chi connectivity index (χ3n) is 4.80. The van der Waals surface area contributed by atoms with Crippen LogP contribution in [0.3, 0.4) is 0 Å². The van der Waals surface area contributed by atoms with Crippen molar-refractivity contribution in [2.75, 3.05) is 32.8 Å². The number of piperidine rings is 1. The van der Waals surface area contributed by atoms with Crippen molar-refractivity contribution in [1.29, 1.82) is 0 Å². The summed E-state index contributed by atoms with van der Waals surface area (Å²) in [5, 5.41) is 0. The summed E-state index contributed by atoms with van der Waals surface area (Å²) in [6, 6.07) is 0. The molecule has 2 aliphatic heterocycles. The lowest BCUT2D eigenvalue weighted by Gasteiger charge is -2.51. The van der Waals surface area contributed by atoms with E-state index in [4.69, 9.17) is 4.74 Å². The fourth-order valence-corrected chi connectivity index (χ4v) is 3.31. The van der Waals surface area contributed by atoms with E-state index in [0.717, 1.165) is 45.6 Å². The first-order chi connectivity index (χ1) is 9.54. The molecular weight excluding hydrogens is 264 g/mol. The zero-order valence-electron chi connectivity index (χ0n) is 14.7. The molecule has 1 spiro atoms. The predicted octanol–water partition coefficient (Wildman–Crippen LogP) is 2.52. The SMILES string of the molecule is CC(C)(C)C(=O)N1CCC2(CC1)CN(C(C)(C)C)CCO2. The molecule has 2 fully saturated rings. The molecule has 1 amide bonds. The Morgan fingerprint density at radius 1 is 1.00 bits per heavy atom. The molecule has 0 saturated carbocycles. The molecule has 0 aliphatic carbocycles. The van der Waals surface area contributed by atoms with Crippen molar-refractivity contribution in [2.45, 2.75) is 65.5 Å². The zero-order chi connectivity index (χ0) is 15.9. The minimum atomic E-state index is -0.282. The first-order valence-electron chi connectivity index (χ1n) is 8.22. The fourth-order valence-electron chi connectivity index (χ4n) is 3.31. The number of nitrogens with zero attached hydrogens (tertiary/aromatic N) is 2. The van der Waals surface area contributed by atoms with Crippen LogP contribution in [0.5, 0.6) is 0 Å². The van der Waals surface area contributed by atoms with E-state index in [1.165, 1.54) is 0 Å². The summed E-state index contributed by atoms with van der Waals surface area (Å²) >= 11 is 0. The molecule has 122 valence electrons. The summed E-state index contributed by atoms with van der Waals surface area (Å²) < 4.78 is 6.17. The Morgan fingerprint density at radius 3 is 2.05 bits per heavy atom. The average Bonchev–Trinajstić information content (AvgIpc) is 2.37. The highest BCUT2D eigenvalue weighted by atomic mass is 16.5. The molecule has 2 saturated heterocycles. The van der Waals surface area contributed by atoms with E-state index < -0.39 is 0 Å². The molecule has 2 aliphatic rings. The standard InChI is InChI=1S/C17H32N2O2/c1-15(2,3)14(20)18-9-7-17(8-10-18)13-19(11-12-21-17)16(4,5)6/h7-13H2,1-6H3. The number of amides is 1. The second-order valence-corrected chi connectivity index (χ2v) is 8.67. The molecule has 2 rings (SSSR count). The molecule has 0 aromatic rings. The first-order valence-corrected chi connectivity index (χ1v) is 8.22. The molecule has 21 heavy (non-hydrogen) atoms. The maximum atomic E-state index is 12.4. The van der Waals surface area contributed by atoms with Gasteiger partial charge in [-0.05, 0) is 33.6 Å². The molecular formula is C17H32N2O2. The first kappa shape index (κ1) is 16.8. The number of carbonyl (C=O) groups is 1. The van der Waals surface area contributed by atoms with Gasteiger partial charge in [-0.3, -0.25) is 9.69 Å². The van der Waals surface area contributed by atoms with Crippen LogP contribution in [0.2, 0.25) is 0 Å².